The van der Waals surface area contributed by atoms with Gasteiger partial charge in [0.25, 0.3) is 0 Å². The predicted molar refractivity (Wildman–Crippen MR) is 89.9 cm³/mol. The van der Waals surface area contributed by atoms with E-state index >= 15 is 0 Å². The molecule has 2 aromatic rings. The van der Waals surface area contributed by atoms with Crippen molar-refractivity contribution in [3.8, 4) is 11.5 Å². The Balaban J connectivity index is 2.50. The fraction of sp³-hybridized carbons (Fsp3) is 0.188. The highest BCUT2D eigenvalue weighted by Gasteiger charge is 2.13. The number of ether oxygens (including phenoxy) is 2. The van der Waals surface area contributed by atoms with Gasteiger partial charge in [-0.2, -0.15) is 0 Å². The molecular weight excluding hydrogens is 284 g/mol. The Morgan fingerprint density at radius 1 is 1.05 bits per heavy atom. The minimum absolute atomic E-state index is 0.349. The third kappa shape index (κ3) is 3.25. The molecule has 0 heterocycles. The van der Waals surface area contributed by atoms with Crippen LogP contribution in [0.4, 0.5) is 11.4 Å². The van der Waals surface area contributed by atoms with Crippen molar-refractivity contribution >= 4 is 28.6 Å². The number of hydrogen-bond donors (Lipinski definition) is 1. The second-order valence-corrected chi connectivity index (χ2v) is 4.95. The van der Waals surface area contributed by atoms with Crippen LogP contribution in [0.5, 0.6) is 11.5 Å². The van der Waals surface area contributed by atoms with Crippen molar-refractivity contribution < 1.29 is 9.47 Å². The van der Waals surface area contributed by atoms with Crippen LogP contribution < -0.4 is 20.1 Å². The SMILES string of the molecule is COc1cccc(N(C)c2cc(OC)ccc2C(N)=S)c1. The summed E-state index contributed by atoms with van der Waals surface area (Å²) in [6, 6.07) is 13.4. The first-order valence-corrected chi connectivity index (χ1v) is 6.83. The second-order valence-electron chi connectivity index (χ2n) is 4.51. The third-order valence-electron chi connectivity index (χ3n) is 3.27. The van der Waals surface area contributed by atoms with Gasteiger partial charge in [0, 0.05) is 30.4 Å². The van der Waals surface area contributed by atoms with Gasteiger partial charge in [0.2, 0.25) is 0 Å². The fourth-order valence-electron chi connectivity index (χ4n) is 2.08. The Bertz CT molecular complexity index is 658. The lowest BCUT2D eigenvalue weighted by molar-refractivity contribution is 0.414. The summed E-state index contributed by atoms with van der Waals surface area (Å²) in [5, 5.41) is 0. The van der Waals surface area contributed by atoms with Gasteiger partial charge >= 0.3 is 0 Å². The summed E-state index contributed by atoms with van der Waals surface area (Å²) in [5.41, 5.74) is 8.48. The summed E-state index contributed by atoms with van der Waals surface area (Å²) in [5.74, 6) is 1.54. The molecule has 0 fully saturated rings. The maximum atomic E-state index is 5.82. The van der Waals surface area contributed by atoms with Crippen molar-refractivity contribution in [2.24, 2.45) is 5.73 Å². The number of nitrogens with two attached hydrogens (primary N) is 1. The van der Waals surface area contributed by atoms with Crippen molar-refractivity contribution in [1.29, 1.82) is 0 Å². The molecule has 4 nitrogen and oxygen atoms in total. The van der Waals surface area contributed by atoms with Crippen LogP contribution >= 0.6 is 12.2 Å². The van der Waals surface area contributed by atoms with Gasteiger partial charge in [-0.3, -0.25) is 0 Å². The summed E-state index contributed by atoms with van der Waals surface area (Å²) < 4.78 is 10.5. The first kappa shape index (κ1) is 15.1. The smallest absolute Gasteiger partial charge is 0.120 e. The average Bonchev–Trinajstić information content (AvgIpc) is 2.53. The minimum Gasteiger partial charge on any atom is -0.497 e. The minimum atomic E-state index is 0.349. The van der Waals surface area contributed by atoms with Crippen LogP contribution in [-0.4, -0.2) is 26.3 Å². The molecule has 0 bridgehead atoms. The molecule has 2 rings (SSSR count). The monoisotopic (exact) mass is 302 g/mol. The molecule has 0 spiro atoms. The van der Waals surface area contributed by atoms with Gasteiger partial charge in [0.1, 0.15) is 16.5 Å². The molecule has 0 amide bonds. The summed E-state index contributed by atoms with van der Waals surface area (Å²) in [4.78, 5) is 2.35. The van der Waals surface area contributed by atoms with Gasteiger partial charge in [0.05, 0.1) is 19.9 Å². The van der Waals surface area contributed by atoms with Crippen LogP contribution in [0.3, 0.4) is 0 Å². The van der Waals surface area contributed by atoms with E-state index < -0.39 is 0 Å². The normalized spacial score (nSPS) is 10.0. The largest absolute Gasteiger partial charge is 0.497 e. The zero-order valence-corrected chi connectivity index (χ0v) is 13.1. The van der Waals surface area contributed by atoms with Crippen LogP contribution in [0.2, 0.25) is 0 Å². The number of thiocarbonyl (C=S) groups is 1. The topological polar surface area (TPSA) is 47.7 Å². The molecular formula is C16H18N2O2S. The molecule has 0 aromatic heterocycles. The Labute approximate surface area is 130 Å². The zero-order valence-electron chi connectivity index (χ0n) is 12.3. The van der Waals surface area contributed by atoms with E-state index in [1.54, 1.807) is 14.2 Å². The first-order valence-electron chi connectivity index (χ1n) is 6.42. The lowest BCUT2D eigenvalue weighted by atomic mass is 10.1. The fourth-order valence-corrected chi connectivity index (χ4v) is 2.26. The molecule has 0 saturated heterocycles. The van der Waals surface area contributed by atoms with Gasteiger partial charge in [-0.15, -0.1) is 0 Å². The molecule has 2 N–H and O–H groups in total. The molecule has 5 heteroatoms. The predicted octanol–water partition coefficient (Wildman–Crippen LogP) is 3.11. The molecule has 0 aliphatic heterocycles. The van der Waals surface area contributed by atoms with E-state index in [0.717, 1.165) is 28.4 Å². The lowest BCUT2D eigenvalue weighted by Gasteiger charge is -2.23. The standard InChI is InChI=1S/C16H18N2O2S/c1-18(11-5-4-6-12(9-11)19-2)15-10-13(20-3)7-8-14(15)16(17)21/h4-10H,1-3H3,(H2,17,21). The Morgan fingerprint density at radius 2 is 1.71 bits per heavy atom. The molecule has 2 aromatic carbocycles. The van der Waals surface area contributed by atoms with Gasteiger partial charge in [0.15, 0.2) is 0 Å². The summed E-state index contributed by atoms with van der Waals surface area (Å²) in [6.45, 7) is 0. The third-order valence-corrected chi connectivity index (χ3v) is 3.49. The number of nitrogens with zero attached hydrogens (tertiary/aromatic N) is 1. The maximum Gasteiger partial charge on any atom is 0.120 e. The van der Waals surface area contributed by atoms with Crippen LogP contribution in [0, 0.1) is 0 Å². The molecule has 110 valence electrons. The molecule has 0 aliphatic rings. The van der Waals surface area contributed by atoms with E-state index in [0.29, 0.717) is 4.99 Å². The van der Waals surface area contributed by atoms with Crippen LogP contribution in [0.25, 0.3) is 0 Å². The molecule has 0 saturated carbocycles. The van der Waals surface area contributed by atoms with Crippen molar-refractivity contribution in [1.82, 2.24) is 0 Å². The second kappa shape index (κ2) is 6.45. The highest BCUT2D eigenvalue weighted by molar-refractivity contribution is 7.80. The summed E-state index contributed by atoms with van der Waals surface area (Å²) in [6.07, 6.45) is 0. The number of benzene rings is 2. The van der Waals surface area contributed by atoms with Crippen LogP contribution in [0.15, 0.2) is 42.5 Å². The molecule has 0 unspecified atom stereocenters. The van der Waals surface area contributed by atoms with Crippen molar-refractivity contribution in [2.45, 2.75) is 0 Å². The quantitative estimate of drug-likeness (QED) is 0.860. The van der Waals surface area contributed by atoms with Gasteiger partial charge in [-0.1, -0.05) is 18.3 Å². The van der Waals surface area contributed by atoms with E-state index in [9.17, 15) is 0 Å². The summed E-state index contributed by atoms with van der Waals surface area (Å²) in [7, 11) is 5.22. The zero-order chi connectivity index (χ0) is 15.4. The molecule has 0 radical (unpaired) electrons. The van der Waals surface area contributed by atoms with E-state index in [1.165, 1.54) is 0 Å². The first-order chi connectivity index (χ1) is 10.1. The molecule has 0 atom stereocenters. The Hall–Kier alpha value is -2.27. The van der Waals surface area contributed by atoms with Crippen LogP contribution in [-0.2, 0) is 0 Å². The van der Waals surface area contributed by atoms with Gasteiger partial charge < -0.3 is 20.1 Å². The van der Waals surface area contributed by atoms with E-state index in [4.69, 9.17) is 27.4 Å². The highest BCUT2D eigenvalue weighted by Crippen LogP contribution is 2.32. The van der Waals surface area contributed by atoms with E-state index in [2.05, 4.69) is 0 Å². The van der Waals surface area contributed by atoms with Crippen molar-refractivity contribution in [3.05, 3.63) is 48.0 Å². The van der Waals surface area contributed by atoms with Crippen molar-refractivity contribution in [2.75, 3.05) is 26.2 Å². The summed E-state index contributed by atoms with van der Waals surface area (Å²) >= 11 is 5.13. The number of rotatable bonds is 5. The number of anilines is 2. The lowest BCUT2D eigenvalue weighted by Crippen LogP contribution is -2.17. The number of hydrogen-bond acceptors (Lipinski definition) is 4. The van der Waals surface area contributed by atoms with Gasteiger partial charge in [-0.25, -0.2) is 0 Å². The molecule has 0 aliphatic carbocycles. The number of methoxy groups -OCH3 is 2. The highest BCUT2D eigenvalue weighted by atomic mass is 32.1. The van der Waals surface area contributed by atoms with Crippen molar-refractivity contribution in [3.63, 3.8) is 0 Å². The van der Waals surface area contributed by atoms with Gasteiger partial charge in [-0.05, 0) is 24.3 Å². The average molecular weight is 302 g/mol. The Kier molecular flexibility index (Phi) is 4.65. The molecule has 21 heavy (non-hydrogen) atoms. The maximum absolute atomic E-state index is 5.82. The van der Waals surface area contributed by atoms with E-state index in [1.807, 2.05) is 54.4 Å². The van der Waals surface area contributed by atoms with E-state index in [-0.39, 0.29) is 0 Å². The Morgan fingerprint density at radius 3 is 2.33 bits per heavy atom. The van der Waals surface area contributed by atoms with Crippen LogP contribution in [0.1, 0.15) is 5.56 Å².